The molecule has 0 aliphatic heterocycles. The lowest BCUT2D eigenvalue weighted by molar-refractivity contribution is -0.137. The molecular formula is C9H6F3NS. The van der Waals surface area contributed by atoms with Crippen molar-refractivity contribution in [1.29, 1.82) is 0 Å². The lowest BCUT2D eigenvalue weighted by Gasteiger charge is -2.04. The summed E-state index contributed by atoms with van der Waals surface area (Å²) in [5, 5.41) is 0. The van der Waals surface area contributed by atoms with Crippen molar-refractivity contribution in [1.82, 2.24) is 4.98 Å². The van der Waals surface area contributed by atoms with Crippen LogP contribution in [0.5, 0.6) is 0 Å². The summed E-state index contributed by atoms with van der Waals surface area (Å²) in [5.74, 6) is 0. The maximum absolute atomic E-state index is 12.3. The fraction of sp³-hybridized carbons (Fsp3) is 0.222. The van der Waals surface area contributed by atoms with Crippen LogP contribution in [0.2, 0.25) is 0 Å². The molecular weight excluding hydrogens is 211 g/mol. The largest absolute Gasteiger partial charge is 0.417 e. The predicted octanol–water partition coefficient (Wildman–Crippen LogP) is 3.62. The van der Waals surface area contributed by atoms with E-state index in [0.717, 1.165) is 17.1 Å². The van der Waals surface area contributed by atoms with Gasteiger partial charge in [0.2, 0.25) is 0 Å². The first-order chi connectivity index (χ1) is 6.47. The Hall–Kier alpha value is -1.10. The Morgan fingerprint density at radius 1 is 1.29 bits per heavy atom. The van der Waals surface area contributed by atoms with Crippen LogP contribution in [0.3, 0.4) is 0 Å². The number of thiophene rings is 1. The van der Waals surface area contributed by atoms with Crippen LogP contribution in [-0.4, -0.2) is 4.98 Å². The second-order valence-corrected chi connectivity index (χ2v) is 4.25. The van der Waals surface area contributed by atoms with E-state index in [0.29, 0.717) is 10.2 Å². The molecule has 0 saturated carbocycles. The number of alkyl halides is 3. The Labute approximate surface area is 82.2 Å². The van der Waals surface area contributed by atoms with E-state index in [4.69, 9.17) is 0 Å². The number of aromatic nitrogens is 1. The van der Waals surface area contributed by atoms with Crippen LogP contribution in [0.1, 0.15) is 10.4 Å². The van der Waals surface area contributed by atoms with Crippen molar-refractivity contribution in [2.45, 2.75) is 13.1 Å². The van der Waals surface area contributed by atoms with Crippen LogP contribution in [0.4, 0.5) is 13.2 Å². The number of pyridine rings is 1. The second kappa shape index (κ2) is 2.95. The average Bonchev–Trinajstić information content (AvgIpc) is 2.41. The molecule has 0 spiro atoms. The van der Waals surface area contributed by atoms with Gasteiger partial charge in [-0.3, -0.25) is 4.98 Å². The van der Waals surface area contributed by atoms with E-state index in [1.54, 1.807) is 6.07 Å². The Morgan fingerprint density at radius 2 is 2.00 bits per heavy atom. The van der Waals surface area contributed by atoms with Gasteiger partial charge in [0.15, 0.2) is 0 Å². The van der Waals surface area contributed by atoms with Gasteiger partial charge in [0.1, 0.15) is 0 Å². The van der Waals surface area contributed by atoms with Crippen molar-refractivity contribution in [3.63, 3.8) is 0 Å². The third kappa shape index (κ3) is 1.59. The van der Waals surface area contributed by atoms with Gasteiger partial charge in [-0.2, -0.15) is 13.2 Å². The van der Waals surface area contributed by atoms with Gasteiger partial charge in [0, 0.05) is 11.1 Å². The van der Waals surface area contributed by atoms with Crippen molar-refractivity contribution >= 4 is 21.6 Å². The molecule has 5 heteroatoms. The molecule has 2 aromatic rings. The van der Waals surface area contributed by atoms with Crippen molar-refractivity contribution in [2.75, 3.05) is 0 Å². The van der Waals surface area contributed by atoms with Crippen LogP contribution in [0.15, 0.2) is 18.3 Å². The minimum absolute atomic E-state index is 0.581. The summed E-state index contributed by atoms with van der Waals surface area (Å²) < 4.78 is 37.4. The van der Waals surface area contributed by atoms with Crippen LogP contribution in [0.25, 0.3) is 10.2 Å². The summed E-state index contributed by atoms with van der Waals surface area (Å²) >= 11 is 1.32. The first kappa shape index (κ1) is 9.45. The van der Waals surface area contributed by atoms with Crippen molar-refractivity contribution in [3.05, 3.63) is 28.8 Å². The van der Waals surface area contributed by atoms with Gasteiger partial charge in [-0.05, 0) is 19.1 Å². The summed E-state index contributed by atoms with van der Waals surface area (Å²) in [7, 11) is 0. The molecule has 2 rings (SSSR count). The Kier molecular flexibility index (Phi) is 1.99. The summed E-state index contributed by atoms with van der Waals surface area (Å²) in [6.45, 7) is 1.85. The first-order valence-corrected chi connectivity index (χ1v) is 4.72. The molecule has 0 atom stereocenters. The zero-order valence-electron chi connectivity index (χ0n) is 7.22. The van der Waals surface area contributed by atoms with E-state index in [2.05, 4.69) is 4.98 Å². The normalized spacial score (nSPS) is 12.3. The van der Waals surface area contributed by atoms with Gasteiger partial charge in [0.05, 0.1) is 15.8 Å². The molecule has 0 aliphatic carbocycles. The van der Waals surface area contributed by atoms with Gasteiger partial charge in [-0.15, -0.1) is 11.3 Å². The topological polar surface area (TPSA) is 12.9 Å². The van der Waals surface area contributed by atoms with Gasteiger partial charge in [-0.1, -0.05) is 0 Å². The molecule has 14 heavy (non-hydrogen) atoms. The molecule has 2 heterocycles. The highest BCUT2D eigenvalue weighted by Crippen LogP contribution is 2.32. The zero-order chi connectivity index (χ0) is 10.3. The molecule has 0 unspecified atom stereocenters. The zero-order valence-corrected chi connectivity index (χ0v) is 8.04. The minimum atomic E-state index is -4.31. The summed E-state index contributed by atoms with van der Waals surface area (Å²) in [5.41, 5.74) is -0.0626. The fourth-order valence-corrected chi connectivity index (χ4v) is 2.12. The van der Waals surface area contributed by atoms with Gasteiger partial charge in [0.25, 0.3) is 0 Å². The molecule has 0 N–H and O–H groups in total. The molecule has 0 bridgehead atoms. The second-order valence-electron chi connectivity index (χ2n) is 2.96. The molecule has 0 aromatic carbocycles. The van der Waals surface area contributed by atoms with E-state index in [1.807, 2.05) is 6.92 Å². The molecule has 0 fully saturated rings. The van der Waals surface area contributed by atoms with Crippen LogP contribution >= 0.6 is 11.3 Å². The quantitative estimate of drug-likeness (QED) is 0.656. The van der Waals surface area contributed by atoms with E-state index < -0.39 is 11.7 Å². The van der Waals surface area contributed by atoms with E-state index in [9.17, 15) is 13.2 Å². The smallest absolute Gasteiger partial charge is 0.255 e. The maximum atomic E-state index is 12.3. The highest BCUT2D eigenvalue weighted by atomic mass is 32.1. The Bertz CT molecular complexity index is 472. The van der Waals surface area contributed by atoms with E-state index >= 15 is 0 Å². The molecule has 0 aliphatic rings. The lowest BCUT2D eigenvalue weighted by Crippen LogP contribution is -2.04. The number of fused-ring (bicyclic) bond motifs is 1. The minimum Gasteiger partial charge on any atom is -0.255 e. The van der Waals surface area contributed by atoms with E-state index in [1.165, 1.54) is 11.3 Å². The molecule has 1 nitrogen and oxygen atoms in total. The SMILES string of the molecule is Cc1cc2ncc(C(F)(F)F)cc2s1. The van der Waals surface area contributed by atoms with Gasteiger partial charge in [-0.25, -0.2) is 0 Å². The number of rotatable bonds is 0. The van der Waals surface area contributed by atoms with Crippen LogP contribution in [-0.2, 0) is 6.18 Å². The number of nitrogens with zero attached hydrogens (tertiary/aromatic N) is 1. The van der Waals surface area contributed by atoms with Crippen molar-refractivity contribution in [3.8, 4) is 0 Å². The number of halogens is 3. The lowest BCUT2D eigenvalue weighted by atomic mass is 10.2. The fourth-order valence-electron chi connectivity index (χ4n) is 1.20. The highest BCUT2D eigenvalue weighted by molar-refractivity contribution is 7.18. The molecule has 74 valence electrons. The number of hydrogen-bond acceptors (Lipinski definition) is 2. The van der Waals surface area contributed by atoms with Crippen LogP contribution < -0.4 is 0 Å². The third-order valence-corrected chi connectivity index (χ3v) is 2.81. The molecule has 2 aromatic heterocycles. The Morgan fingerprint density at radius 3 is 2.64 bits per heavy atom. The number of aryl methyl sites for hydroxylation is 1. The predicted molar refractivity (Wildman–Crippen MR) is 49.4 cm³/mol. The molecule has 0 amide bonds. The molecule has 0 radical (unpaired) electrons. The van der Waals surface area contributed by atoms with Gasteiger partial charge < -0.3 is 0 Å². The Balaban J connectivity index is 2.62. The standard InChI is InChI=1S/C9H6F3NS/c1-5-2-7-8(14-5)3-6(4-13-7)9(10,11)12/h2-4H,1H3. The van der Waals surface area contributed by atoms with E-state index in [-0.39, 0.29) is 0 Å². The number of hydrogen-bond donors (Lipinski definition) is 0. The van der Waals surface area contributed by atoms with Crippen molar-refractivity contribution in [2.24, 2.45) is 0 Å². The highest BCUT2D eigenvalue weighted by Gasteiger charge is 2.31. The monoisotopic (exact) mass is 217 g/mol. The van der Waals surface area contributed by atoms with Crippen molar-refractivity contribution < 1.29 is 13.2 Å². The summed E-state index contributed by atoms with van der Waals surface area (Å²) in [6, 6.07) is 2.92. The third-order valence-electron chi connectivity index (χ3n) is 1.82. The maximum Gasteiger partial charge on any atom is 0.417 e. The van der Waals surface area contributed by atoms with Gasteiger partial charge >= 0.3 is 6.18 Å². The summed E-state index contributed by atoms with van der Waals surface area (Å²) in [6.07, 6.45) is -3.44. The average molecular weight is 217 g/mol. The molecule has 0 saturated heterocycles. The van der Waals surface area contributed by atoms with Crippen LogP contribution in [0, 0.1) is 6.92 Å². The first-order valence-electron chi connectivity index (χ1n) is 3.90. The summed E-state index contributed by atoms with van der Waals surface area (Å²) in [4.78, 5) is 4.72.